The van der Waals surface area contributed by atoms with Gasteiger partial charge in [-0.1, -0.05) is 11.6 Å². The molecule has 0 fully saturated rings. The van der Waals surface area contributed by atoms with Crippen LogP contribution in [0.5, 0.6) is 0 Å². The Labute approximate surface area is 104 Å². The van der Waals surface area contributed by atoms with E-state index in [-0.39, 0.29) is 5.02 Å². The maximum atomic E-state index is 12.1. The highest BCUT2D eigenvalue weighted by Crippen LogP contribution is 2.29. The fourth-order valence-corrected chi connectivity index (χ4v) is 1.54. The van der Waals surface area contributed by atoms with E-state index < -0.39 is 29.3 Å². The molecule has 1 amide bonds. The van der Waals surface area contributed by atoms with Crippen molar-refractivity contribution in [3.05, 3.63) is 28.3 Å². The number of hydrogen-bond donors (Lipinski definition) is 2. The second kappa shape index (κ2) is 4.85. The van der Waals surface area contributed by atoms with Gasteiger partial charge < -0.3 is 10.4 Å². The molecule has 1 rings (SSSR count). The summed E-state index contributed by atoms with van der Waals surface area (Å²) >= 11 is 5.63. The van der Waals surface area contributed by atoms with Gasteiger partial charge in [0.2, 0.25) is 0 Å². The summed E-state index contributed by atoms with van der Waals surface area (Å²) in [5.41, 5.74) is -0.628. The van der Waals surface area contributed by atoms with Crippen LogP contribution in [0.2, 0.25) is 5.02 Å². The average Bonchev–Trinajstić information content (AvgIpc) is 2.19. The zero-order valence-corrected chi connectivity index (χ0v) is 9.69. The number of hydrogen-bond acceptors (Lipinski definition) is 2. The van der Waals surface area contributed by atoms with E-state index in [2.05, 4.69) is 0 Å². The summed E-state index contributed by atoms with van der Waals surface area (Å²) in [4.78, 5) is 21.6. The van der Waals surface area contributed by atoms with Crippen LogP contribution in [0.1, 0.15) is 15.9 Å². The second-order valence-corrected chi connectivity index (χ2v) is 3.83. The van der Waals surface area contributed by atoms with Gasteiger partial charge in [-0.25, -0.2) is 4.79 Å². The number of carbonyl (C=O) groups excluding carboxylic acids is 1. The lowest BCUT2D eigenvalue weighted by atomic mass is 10.1. The smallest absolute Gasteiger partial charge is 0.471 e. The summed E-state index contributed by atoms with van der Waals surface area (Å²) in [6.45, 7) is 1.52. The van der Waals surface area contributed by atoms with Crippen LogP contribution >= 0.6 is 11.6 Å². The normalized spacial score (nSPS) is 11.2. The third-order valence-electron chi connectivity index (χ3n) is 1.96. The average molecular weight is 282 g/mol. The van der Waals surface area contributed by atoms with Crippen molar-refractivity contribution in [2.75, 3.05) is 5.32 Å². The van der Waals surface area contributed by atoms with Crippen molar-refractivity contribution < 1.29 is 27.9 Å². The quantitative estimate of drug-likeness (QED) is 0.876. The van der Waals surface area contributed by atoms with Crippen molar-refractivity contribution in [1.29, 1.82) is 0 Å². The second-order valence-electron chi connectivity index (χ2n) is 3.43. The predicted octanol–water partition coefficient (Wildman–Crippen LogP) is 2.85. The summed E-state index contributed by atoms with van der Waals surface area (Å²) < 4.78 is 36.2. The molecule has 1 aromatic carbocycles. The molecule has 2 N–H and O–H groups in total. The van der Waals surface area contributed by atoms with E-state index >= 15 is 0 Å². The maximum Gasteiger partial charge on any atom is 0.471 e. The number of carboxylic acid groups (broad SMARTS) is 1. The zero-order chi connectivity index (χ0) is 14.1. The van der Waals surface area contributed by atoms with E-state index in [1.54, 1.807) is 0 Å². The Hall–Kier alpha value is -1.76. The molecule has 8 heteroatoms. The first kappa shape index (κ1) is 14.3. The molecule has 1 aromatic rings. The Morgan fingerprint density at radius 2 is 1.89 bits per heavy atom. The monoisotopic (exact) mass is 281 g/mol. The number of alkyl halides is 3. The van der Waals surface area contributed by atoms with E-state index in [0.29, 0.717) is 5.56 Å². The van der Waals surface area contributed by atoms with Crippen molar-refractivity contribution >= 4 is 29.2 Å². The molecule has 0 spiro atoms. The number of aryl methyl sites for hydroxylation is 1. The molecule has 18 heavy (non-hydrogen) atoms. The highest BCUT2D eigenvalue weighted by molar-refractivity contribution is 6.34. The number of amides is 1. The predicted molar refractivity (Wildman–Crippen MR) is 57.8 cm³/mol. The molecule has 0 radical (unpaired) electrons. The minimum atomic E-state index is -5.12. The molecule has 0 unspecified atom stereocenters. The van der Waals surface area contributed by atoms with Crippen molar-refractivity contribution in [2.24, 2.45) is 0 Å². The summed E-state index contributed by atoms with van der Waals surface area (Å²) in [7, 11) is 0. The fraction of sp³-hybridized carbons (Fsp3) is 0.200. The first-order valence-electron chi connectivity index (χ1n) is 4.54. The summed E-state index contributed by atoms with van der Waals surface area (Å²) in [5, 5.41) is 10.0. The van der Waals surface area contributed by atoms with Crippen LogP contribution in [0.4, 0.5) is 18.9 Å². The van der Waals surface area contributed by atoms with Crippen LogP contribution in [-0.4, -0.2) is 23.2 Å². The van der Waals surface area contributed by atoms with Crippen LogP contribution in [0.3, 0.4) is 0 Å². The van der Waals surface area contributed by atoms with Gasteiger partial charge in [-0.15, -0.1) is 0 Å². The number of benzene rings is 1. The molecule has 4 nitrogen and oxygen atoms in total. The topological polar surface area (TPSA) is 66.4 Å². The largest absolute Gasteiger partial charge is 0.478 e. The molecule has 0 heterocycles. The van der Waals surface area contributed by atoms with Crippen LogP contribution in [0.25, 0.3) is 0 Å². The first-order chi connectivity index (χ1) is 8.12. The Morgan fingerprint density at radius 3 is 2.33 bits per heavy atom. The van der Waals surface area contributed by atoms with Gasteiger partial charge in [0.1, 0.15) is 0 Å². The minimum absolute atomic E-state index is 0.273. The van der Waals surface area contributed by atoms with E-state index in [1.165, 1.54) is 18.3 Å². The Morgan fingerprint density at radius 1 is 1.33 bits per heavy atom. The van der Waals surface area contributed by atoms with Gasteiger partial charge in [0.15, 0.2) is 0 Å². The Kier molecular flexibility index (Phi) is 3.85. The van der Waals surface area contributed by atoms with Gasteiger partial charge in [-0.2, -0.15) is 13.2 Å². The van der Waals surface area contributed by atoms with Crippen molar-refractivity contribution in [3.8, 4) is 0 Å². The van der Waals surface area contributed by atoms with Gasteiger partial charge in [-0.3, -0.25) is 4.79 Å². The molecule has 98 valence electrons. The number of aromatic carboxylic acids is 1. The molecule has 0 aliphatic rings. The number of anilines is 1. The van der Waals surface area contributed by atoms with Gasteiger partial charge in [0.05, 0.1) is 16.3 Å². The zero-order valence-electron chi connectivity index (χ0n) is 8.93. The SMILES string of the molecule is Cc1cc(Cl)c(NC(=O)C(F)(F)F)c(C(=O)O)c1. The number of halogens is 4. The van der Waals surface area contributed by atoms with Crippen molar-refractivity contribution in [1.82, 2.24) is 0 Å². The van der Waals surface area contributed by atoms with Crippen LogP contribution in [0.15, 0.2) is 12.1 Å². The van der Waals surface area contributed by atoms with Gasteiger partial charge in [0.25, 0.3) is 0 Å². The Balaban J connectivity index is 3.24. The molecular formula is C10H7ClF3NO3. The lowest BCUT2D eigenvalue weighted by Gasteiger charge is -2.12. The third-order valence-corrected chi connectivity index (χ3v) is 2.26. The third kappa shape index (κ3) is 3.13. The number of rotatable bonds is 2. The van der Waals surface area contributed by atoms with E-state index in [0.717, 1.165) is 6.07 Å². The van der Waals surface area contributed by atoms with Crippen LogP contribution in [-0.2, 0) is 4.79 Å². The van der Waals surface area contributed by atoms with E-state index in [1.807, 2.05) is 0 Å². The van der Waals surface area contributed by atoms with E-state index in [9.17, 15) is 22.8 Å². The maximum absolute atomic E-state index is 12.1. The number of nitrogens with one attached hydrogen (secondary N) is 1. The molecule has 0 bridgehead atoms. The molecule has 0 aromatic heterocycles. The highest BCUT2D eigenvalue weighted by atomic mass is 35.5. The van der Waals surface area contributed by atoms with Gasteiger partial charge in [-0.05, 0) is 24.6 Å². The highest BCUT2D eigenvalue weighted by Gasteiger charge is 2.39. The fourth-order valence-electron chi connectivity index (χ4n) is 1.22. The standard InChI is InChI=1S/C10H7ClF3NO3/c1-4-2-5(8(16)17)7(6(11)3-4)15-9(18)10(12,13)14/h2-3H,1H3,(H,15,18)(H,16,17). The van der Waals surface area contributed by atoms with Gasteiger partial charge >= 0.3 is 18.1 Å². The molecule has 0 atom stereocenters. The number of carbonyl (C=O) groups is 2. The van der Waals surface area contributed by atoms with Crippen LogP contribution < -0.4 is 5.32 Å². The van der Waals surface area contributed by atoms with Crippen molar-refractivity contribution in [3.63, 3.8) is 0 Å². The molecule has 0 saturated heterocycles. The van der Waals surface area contributed by atoms with Crippen LogP contribution in [0, 0.1) is 6.92 Å². The summed E-state index contributed by atoms with van der Waals surface area (Å²) in [5.74, 6) is -3.77. The minimum Gasteiger partial charge on any atom is -0.478 e. The number of carboxylic acids is 1. The summed E-state index contributed by atoms with van der Waals surface area (Å²) in [6, 6.07) is 2.36. The molecule has 0 aliphatic heterocycles. The first-order valence-corrected chi connectivity index (χ1v) is 4.92. The lowest BCUT2D eigenvalue weighted by Crippen LogP contribution is -2.30. The van der Waals surface area contributed by atoms with Crippen molar-refractivity contribution in [2.45, 2.75) is 13.1 Å². The Bertz CT molecular complexity index is 514. The molecular weight excluding hydrogens is 275 g/mol. The summed E-state index contributed by atoms with van der Waals surface area (Å²) in [6.07, 6.45) is -5.12. The van der Waals surface area contributed by atoms with E-state index in [4.69, 9.17) is 16.7 Å². The molecule has 0 saturated carbocycles. The van der Waals surface area contributed by atoms with Gasteiger partial charge in [0, 0.05) is 0 Å². The molecule has 0 aliphatic carbocycles. The lowest BCUT2D eigenvalue weighted by molar-refractivity contribution is -0.167.